The summed E-state index contributed by atoms with van der Waals surface area (Å²) >= 11 is 0. The zero-order valence-electron chi connectivity index (χ0n) is 13.8. The van der Waals surface area contributed by atoms with E-state index in [0.29, 0.717) is 18.9 Å². The van der Waals surface area contributed by atoms with Gasteiger partial charge in [0.2, 0.25) is 11.8 Å². The van der Waals surface area contributed by atoms with Crippen molar-refractivity contribution < 1.29 is 9.59 Å². The second-order valence-corrected chi connectivity index (χ2v) is 6.94. The molecule has 0 aliphatic carbocycles. The van der Waals surface area contributed by atoms with Crippen LogP contribution < -0.4 is 15.5 Å². The molecule has 3 heterocycles. The fraction of sp³-hybridized carbons (Fsp3) is 0.556. The molecule has 2 N–H and O–H groups in total. The number of amides is 2. The minimum atomic E-state index is -0.193. The van der Waals surface area contributed by atoms with Gasteiger partial charge in [0.1, 0.15) is 0 Å². The molecule has 0 radical (unpaired) electrons. The van der Waals surface area contributed by atoms with Crippen LogP contribution in [0.15, 0.2) is 24.3 Å². The molecule has 1 aromatic rings. The van der Waals surface area contributed by atoms with Gasteiger partial charge < -0.3 is 10.2 Å². The number of anilines is 1. The minimum Gasteiger partial charge on any atom is -0.368 e. The lowest BCUT2D eigenvalue weighted by atomic mass is 9.90. The van der Waals surface area contributed by atoms with E-state index >= 15 is 0 Å². The van der Waals surface area contributed by atoms with Gasteiger partial charge >= 0.3 is 0 Å². The summed E-state index contributed by atoms with van der Waals surface area (Å²) in [6.45, 7) is 6.64. The van der Waals surface area contributed by atoms with Crippen LogP contribution in [0.2, 0.25) is 0 Å². The van der Waals surface area contributed by atoms with E-state index in [4.69, 9.17) is 0 Å². The van der Waals surface area contributed by atoms with Crippen LogP contribution in [0.5, 0.6) is 0 Å². The number of benzene rings is 1. The number of hydrogen-bond donors (Lipinski definition) is 2. The number of carbonyl (C=O) groups is 2. The standard InChI is InChI=1S/C18H24N4O2/c23-17-6-5-16(18(24)20-17)13-1-3-14(4-2-13)22-11-15(12-22)21-9-7-19-8-10-21/h1-4,15-16,19H,5-12H2,(H,20,23,24)/t16-/m1/s1. The van der Waals surface area contributed by atoms with Crippen LogP contribution in [0.3, 0.4) is 0 Å². The van der Waals surface area contributed by atoms with Crippen molar-refractivity contribution in [2.24, 2.45) is 0 Å². The number of hydrogen-bond acceptors (Lipinski definition) is 5. The van der Waals surface area contributed by atoms with Gasteiger partial charge in [0.15, 0.2) is 0 Å². The number of rotatable bonds is 3. The second kappa shape index (κ2) is 6.53. The minimum absolute atomic E-state index is 0.160. The molecule has 0 spiro atoms. The van der Waals surface area contributed by atoms with Gasteiger partial charge in [-0.25, -0.2) is 0 Å². The van der Waals surface area contributed by atoms with E-state index in [1.165, 1.54) is 5.69 Å². The van der Waals surface area contributed by atoms with Crippen LogP contribution in [0.25, 0.3) is 0 Å². The molecule has 24 heavy (non-hydrogen) atoms. The van der Waals surface area contributed by atoms with Crippen LogP contribution in [-0.2, 0) is 9.59 Å². The Balaban J connectivity index is 1.35. The second-order valence-electron chi connectivity index (χ2n) is 6.94. The molecule has 2 amide bonds. The fourth-order valence-electron chi connectivity index (χ4n) is 3.87. The molecule has 3 aliphatic heterocycles. The maximum absolute atomic E-state index is 12.0. The van der Waals surface area contributed by atoms with Crippen LogP contribution in [0.1, 0.15) is 24.3 Å². The summed E-state index contributed by atoms with van der Waals surface area (Å²) in [4.78, 5) is 28.2. The molecule has 6 nitrogen and oxygen atoms in total. The first-order valence-corrected chi connectivity index (χ1v) is 8.84. The van der Waals surface area contributed by atoms with Gasteiger partial charge in [-0.15, -0.1) is 0 Å². The number of imide groups is 1. The first-order chi connectivity index (χ1) is 11.7. The number of nitrogens with zero attached hydrogens (tertiary/aromatic N) is 2. The van der Waals surface area contributed by atoms with Crippen molar-refractivity contribution in [3.8, 4) is 0 Å². The predicted molar refractivity (Wildman–Crippen MR) is 92.0 cm³/mol. The third kappa shape index (κ3) is 3.03. The molecule has 0 bridgehead atoms. The van der Waals surface area contributed by atoms with E-state index in [-0.39, 0.29) is 17.7 Å². The Morgan fingerprint density at radius 1 is 1.00 bits per heavy atom. The van der Waals surface area contributed by atoms with Crippen molar-refractivity contribution >= 4 is 17.5 Å². The highest BCUT2D eigenvalue weighted by molar-refractivity contribution is 6.00. The van der Waals surface area contributed by atoms with E-state index in [0.717, 1.165) is 44.8 Å². The predicted octanol–water partition coefficient (Wildman–Crippen LogP) is 0.301. The van der Waals surface area contributed by atoms with Crippen molar-refractivity contribution in [3.63, 3.8) is 0 Å². The van der Waals surface area contributed by atoms with Crippen LogP contribution in [0.4, 0.5) is 5.69 Å². The zero-order chi connectivity index (χ0) is 16.5. The Hall–Kier alpha value is -1.92. The lowest BCUT2D eigenvalue weighted by molar-refractivity contribution is -0.134. The lowest BCUT2D eigenvalue weighted by Crippen LogP contribution is -2.62. The summed E-state index contributed by atoms with van der Waals surface area (Å²) in [5.74, 6) is -0.518. The molecular formula is C18H24N4O2. The van der Waals surface area contributed by atoms with Crippen molar-refractivity contribution in [1.29, 1.82) is 0 Å². The lowest BCUT2D eigenvalue weighted by Gasteiger charge is -2.48. The Bertz CT molecular complexity index is 618. The SMILES string of the molecule is O=C1CC[C@H](c2ccc(N3CC(N4CCNCC4)C3)cc2)C(=O)N1. The summed E-state index contributed by atoms with van der Waals surface area (Å²) in [6.07, 6.45) is 1.04. The number of nitrogens with one attached hydrogen (secondary N) is 2. The van der Waals surface area contributed by atoms with Gasteiger partial charge in [0, 0.05) is 57.4 Å². The van der Waals surface area contributed by atoms with E-state index < -0.39 is 0 Å². The average Bonchev–Trinajstić information content (AvgIpc) is 2.55. The highest BCUT2D eigenvalue weighted by Crippen LogP contribution is 2.29. The first kappa shape index (κ1) is 15.6. The molecule has 0 aromatic heterocycles. The molecule has 1 aromatic carbocycles. The van der Waals surface area contributed by atoms with Gasteiger partial charge in [-0.05, 0) is 24.1 Å². The molecule has 4 rings (SSSR count). The van der Waals surface area contributed by atoms with E-state index in [9.17, 15) is 9.59 Å². The molecule has 3 fully saturated rings. The average molecular weight is 328 g/mol. The molecule has 128 valence electrons. The van der Waals surface area contributed by atoms with Crippen molar-refractivity contribution in [2.45, 2.75) is 24.8 Å². The Morgan fingerprint density at radius 2 is 1.71 bits per heavy atom. The highest BCUT2D eigenvalue weighted by Gasteiger charge is 2.33. The maximum atomic E-state index is 12.0. The molecule has 1 atom stereocenters. The molecule has 0 saturated carbocycles. The third-order valence-electron chi connectivity index (χ3n) is 5.43. The normalized spacial score (nSPS) is 26.2. The fourth-order valence-corrected chi connectivity index (χ4v) is 3.87. The zero-order valence-corrected chi connectivity index (χ0v) is 13.8. The Morgan fingerprint density at radius 3 is 2.38 bits per heavy atom. The van der Waals surface area contributed by atoms with Gasteiger partial charge in [-0.3, -0.25) is 19.8 Å². The highest BCUT2D eigenvalue weighted by atomic mass is 16.2. The van der Waals surface area contributed by atoms with Crippen LogP contribution in [-0.4, -0.2) is 62.0 Å². The summed E-state index contributed by atoms with van der Waals surface area (Å²) in [6, 6.07) is 8.95. The number of piperidine rings is 1. The van der Waals surface area contributed by atoms with E-state index in [1.807, 2.05) is 12.1 Å². The number of piperazine rings is 1. The molecule has 3 aliphatic rings. The van der Waals surface area contributed by atoms with Gasteiger partial charge in [-0.2, -0.15) is 0 Å². The molecule has 6 heteroatoms. The Kier molecular flexibility index (Phi) is 4.24. The topological polar surface area (TPSA) is 64.7 Å². The summed E-state index contributed by atoms with van der Waals surface area (Å²) in [5, 5.41) is 5.83. The Labute approximate surface area is 142 Å². The molecule has 3 saturated heterocycles. The van der Waals surface area contributed by atoms with Crippen LogP contribution in [0, 0.1) is 0 Å². The van der Waals surface area contributed by atoms with Crippen LogP contribution >= 0.6 is 0 Å². The summed E-state index contributed by atoms with van der Waals surface area (Å²) in [7, 11) is 0. The van der Waals surface area contributed by atoms with Gasteiger partial charge in [0.25, 0.3) is 0 Å². The first-order valence-electron chi connectivity index (χ1n) is 8.84. The van der Waals surface area contributed by atoms with Gasteiger partial charge in [0.05, 0.1) is 5.92 Å². The number of carbonyl (C=O) groups excluding carboxylic acids is 2. The maximum Gasteiger partial charge on any atom is 0.234 e. The van der Waals surface area contributed by atoms with E-state index in [2.05, 4.69) is 32.6 Å². The largest absolute Gasteiger partial charge is 0.368 e. The van der Waals surface area contributed by atoms with Crippen molar-refractivity contribution in [2.75, 3.05) is 44.2 Å². The van der Waals surface area contributed by atoms with Crippen molar-refractivity contribution in [3.05, 3.63) is 29.8 Å². The monoisotopic (exact) mass is 328 g/mol. The smallest absolute Gasteiger partial charge is 0.234 e. The summed E-state index contributed by atoms with van der Waals surface area (Å²) < 4.78 is 0. The third-order valence-corrected chi connectivity index (χ3v) is 5.43. The summed E-state index contributed by atoms with van der Waals surface area (Å²) in [5.41, 5.74) is 2.22. The van der Waals surface area contributed by atoms with E-state index in [1.54, 1.807) is 0 Å². The van der Waals surface area contributed by atoms with Gasteiger partial charge in [-0.1, -0.05) is 12.1 Å². The quantitative estimate of drug-likeness (QED) is 0.782. The molecular weight excluding hydrogens is 304 g/mol. The molecule has 0 unspecified atom stereocenters. The van der Waals surface area contributed by atoms with Crippen molar-refractivity contribution in [1.82, 2.24) is 15.5 Å².